The van der Waals surface area contributed by atoms with Crippen molar-refractivity contribution in [3.8, 4) is 23.0 Å². The topological polar surface area (TPSA) is 0 Å². The molecule has 0 unspecified atom stereocenters. The molecule has 0 heteroatoms. The van der Waals surface area contributed by atoms with E-state index in [0.717, 1.165) is 11.1 Å². The molecule has 5 aromatic carbocycles. The van der Waals surface area contributed by atoms with Crippen LogP contribution in [0.1, 0.15) is 11.1 Å². The second kappa shape index (κ2) is 7.06. The van der Waals surface area contributed by atoms with Gasteiger partial charge in [-0.15, -0.1) is 0 Å². The van der Waals surface area contributed by atoms with Crippen molar-refractivity contribution < 1.29 is 0 Å². The first kappa shape index (κ1) is 16.4. The van der Waals surface area contributed by atoms with Gasteiger partial charge in [-0.25, -0.2) is 0 Å². The third-order valence-corrected chi connectivity index (χ3v) is 5.10. The summed E-state index contributed by atoms with van der Waals surface area (Å²) in [6.07, 6.45) is 0. The van der Waals surface area contributed by atoms with E-state index in [-0.39, 0.29) is 0 Å². The molecule has 0 nitrogen and oxygen atoms in total. The monoisotopic (exact) mass is 354 g/mol. The van der Waals surface area contributed by atoms with Gasteiger partial charge in [0.1, 0.15) is 0 Å². The Morgan fingerprint density at radius 3 is 1.57 bits per heavy atom. The molecule has 0 bridgehead atoms. The van der Waals surface area contributed by atoms with Gasteiger partial charge in [-0.3, -0.25) is 0 Å². The van der Waals surface area contributed by atoms with Crippen LogP contribution in [0.15, 0.2) is 109 Å². The Bertz CT molecular complexity index is 1330. The van der Waals surface area contributed by atoms with Crippen LogP contribution < -0.4 is 0 Å². The lowest BCUT2D eigenvalue weighted by Gasteiger charge is -2.14. The molecule has 0 saturated carbocycles. The lowest BCUT2D eigenvalue weighted by atomic mass is 9.88. The molecule has 0 saturated heterocycles. The summed E-state index contributed by atoms with van der Waals surface area (Å²) >= 11 is 0. The quantitative estimate of drug-likeness (QED) is 0.223. The average molecular weight is 354 g/mol. The fourth-order valence-electron chi connectivity index (χ4n) is 3.83. The maximum absolute atomic E-state index is 3.51. The standard InChI is InChI=1S/C28H18/c1-3-11-21(12-4-1)19-20-27-25-17-8-7-15-23(25)24-16-9-10-18-26(24)28(27)22-13-5-2-6-14-22/h1-18H. The summed E-state index contributed by atoms with van der Waals surface area (Å²) < 4.78 is 0. The first-order valence-electron chi connectivity index (χ1n) is 9.48. The number of hydrogen-bond acceptors (Lipinski definition) is 0. The van der Waals surface area contributed by atoms with Crippen LogP contribution in [-0.2, 0) is 0 Å². The van der Waals surface area contributed by atoms with Gasteiger partial charge in [0, 0.05) is 16.7 Å². The molecule has 5 aromatic rings. The Balaban J connectivity index is 1.93. The van der Waals surface area contributed by atoms with Crippen LogP contribution in [0.2, 0.25) is 0 Å². The minimum Gasteiger partial charge on any atom is -0.0622 e. The number of fused-ring (bicyclic) bond motifs is 3. The summed E-state index contributed by atoms with van der Waals surface area (Å²) in [6.45, 7) is 0. The predicted octanol–water partition coefficient (Wildman–Crippen LogP) is 7.06. The molecular weight excluding hydrogens is 336 g/mol. The van der Waals surface area contributed by atoms with E-state index in [2.05, 4.69) is 103 Å². The molecule has 0 aliphatic carbocycles. The number of benzene rings is 5. The van der Waals surface area contributed by atoms with Crippen molar-refractivity contribution in [2.24, 2.45) is 0 Å². The van der Waals surface area contributed by atoms with E-state index in [1.807, 2.05) is 18.2 Å². The van der Waals surface area contributed by atoms with Crippen LogP contribution in [0.3, 0.4) is 0 Å². The lowest BCUT2D eigenvalue weighted by Crippen LogP contribution is -1.91. The van der Waals surface area contributed by atoms with Crippen LogP contribution in [0.4, 0.5) is 0 Å². The van der Waals surface area contributed by atoms with E-state index in [1.54, 1.807) is 0 Å². The maximum Gasteiger partial charge on any atom is 0.0412 e. The van der Waals surface area contributed by atoms with E-state index in [0.29, 0.717) is 0 Å². The van der Waals surface area contributed by atoms with Gasteiger partial charge in [-0.1, -0.05) is 109 Å². The summed E-state index contributed by atoms with van der Waals surface area (Å²) in [4.78, 5) is 0. The van der Waals surface area contributed by atoms with Gasteiger partial charge in [-0.2, -0.15) is 0 Å². The second-order valence-corrected chi connectivity index (χ2v) is 6.82. The molecule has 0 aromatic heterocycles. The minimum atomic E-state index is 1.03. The number of rotatable bonds is 1. The van der Waals surface area contributed by atoms with Gasteiger partial charge in [0.25, 0.3) is 0 Å². The van der Waals surface area contributed by atoms with Crippen LogP contribution in [0, 0.1) is 11.8 Å². The zero-order chi connectivity index (χ0) is 18.8. The van der Waals surface area contributed by atoms with Gasteiger partial charge in [0.2, 0.25) is 0 Å². The van der Waals surface area contributed by atoms with Crippen molar-refractivity contribution in [1.82, 2.24) is 0 Å². The molecule has 0 N–H and O–H groups in total. The maximum atomic E-state index is 3.51. The average Bonchev–Trinajstić information content (AvgIpc) is 2.78. The molecule has 0 spiro atoms. The van der Waals surface area contributed by atoms with Crippen molar-refractivity contribution in [2.75, 3.05) is 0 Å². The molecule has 0 heterocycles. The smallest absolute Gasteiger partial charge is 0.0412 e. The van der Waals surface area contributed by atoms with E-state index >= 15 is 0 Å². The van der Waals surface area contributed by atoms with Crippen molar-refractivity contribution in [1.29, 1.82) is 0 Å². The van der Waals surface area contributed by atoms with Crippen LogP contribution in [0.5, 0.6) is 0 Å². The first-order chi connectivity index (χ1) is 13.9. The fraction of sp³-hybridized carbons (Fsp3) is 0. The van der Waals surface area contributed by atoms with Gasteiger partial charge in [-0.05, 0) is 39.2 Å². The summed E-state index contributed by atoms with van der Waals surface area (Å²) in [6, 6.07) is 38.0. The SMILES string of the molecule is C(#Cc1c(-c2ccccc2)c2ccccc2c2ccccc12)c1ccccc1. The van der Waals surface area contributed by atoms with Gasteiger partial charge >= 0.3 is 0 Å². The van der Waals surface area contributed by atoms with E-state index in [9.17, 15) is 0 Å². The minimum absolute atomic E-state index is 1.03. The lowest BCUT2D eigenvalue weighted by molar-refractivity contribution is 1.63. The Labute approximate surface area is 165 Å². The molecule has 0 amide bonds. The molecular formula is C28H18. The Morgan fingerprint density at radius 2 is 0.893 bits per heavy atom. The van der Waals surface area contributed by atoms with Crippen molar-refractivity contribution in [3.63, 3.8) is 0 Å². The predicted molar refractivity (Wildman–Crippen MR) is 119 cm³/mol. The van der Waals surface area contributed by atoms with Crippen molar-refractivity contribution in [3.05, 3.63) is 120 Å². The Morgan fingerprint density at radius 1 is 0.393 bits per heavy atom. The highest BCUT2D eigenvalue weighted by molar-refractivity contribution is 6.17. The fourth-order valence-corrected chi connectivity index (χ4v) is 3.83. The molecule has 0 aliphatic rings. The zero-order valence-electron chi connectivity index (χ0n) is 15.4. The highest BCUT2D eigenvalue weighted by atomic mass is 14.2. The van der Waals surface area contributed by atoms with E-state index in [4.69, 9.17) is 0 Å². The Hall–Kier alpha value is -3.82. The third kappa shape index (κ3) is 2.84. The van der Waals surface area contributed by atoms with E-state index in [1.165, 1.54) is 32.7 Å². The van der Waals surface area contributed by atoms with Crippen LogP contribution in [0.25, 0.3) is 32.7 Å². The summed E-state index contributed by atoms with van der Waals surface area (Å²) in [7, 11) is 0. The van der Waals surface area contributed by atoms with Gasteiger partial charge < -0.3 is 0 Å². The summed E-state index contributed by atoms with van der Waals surface area (Å²) in [5, 5.41) is 4.95. The zero-order valence-corrected chi connectivity index (χ0v) is 15.4. The molecule has 130 valence electrons. The second-order valence-electron chi connectivity index (χ2n) is 6.82. The van der Waals surface area contributed by atoms with E-state index < -0.39 is 0 Å². The molecule has 5 rings (SSSR count). The third-order valence-electron chi connectivity index (χ3n) is 5.10. The largest absolute Gasteiger partial charge is 0.0622 e. The highest BCUT2D eigenvalue weighted by Gasteiger charge is 2.14. The van der Waals surface area contributed by atoms with Gasteiger partial charge in [0.15, 0.2) is 0 Å². The van der Waals surface area contributed by atoms with Crippen molar-refractivity contribution >= 4 is 21.5 Å². The summed E-state index contributed by atoms with van der Waals surface area (Å²) in [5.74, 6) is 6.89. The van der Waals surface area contributed by atoms with Crippen LogP contribution in [-0.4, -0.2) is 0 Å². The number of hydrogen-bond donors (Lipinski definition) is 0. The molecule has 0 radical (unpaired) electrons. The normalized spacial score (nSPS) is 10.6. The molecule has 0 atom stereocenters. The van der Waals surface area contributed by atoms with Gasteiger partial charge in [0.05, 0.1) is 0 Å². The summed E-state index contributed by atoms with van der Waals surface area (Å²) in [5.41, 5.74) is 4.52. The van der Waals surface area contributed by atoms with Crippen molar-refractivity contribution in [2.45, 2.75) is 0 Å². The molecule has 0 aliphatic heterocycles. The Kier molecular flexibility index (Phi) is 4.13. The molecule has 28 heavy (non-hydrogen) atoms. The van der Waals surface area contributed by atoms with Crippen LogP contribution >= 0.6 is 0 Å². The highest BCUT2D eigenvalue weighted by Crippen LogP contribution is 2.38. The molecule has 0 fully saturated rings. The first-order valence-corrected chi connectivity index (χ1v) is 9.48.